The van der Waals surface area contributed by atoms with E-state index in [1.807, 2.05) is 0 Å². The molecule has 0 saturated carbocycles. The normalized spacial score (nSPS) is 21.1. The Hall–Kier alpha value is -2.21. The van der Waals surface area contributed by atoms with Crippen LogP contribution in [0.3, 0.4) is 0 Å². The van der Waals surface area contributed by atoms with Crippen molar-refractivity contribution in [3.8, 4) is 0 Å². The van der Waals surface area contributed by atoms with E-state index < -0.39 is 0 Å². The van der Waals surface area contributed by atoms with E-state index in [4.69, 9.17) is 5.73 Å². The fourth-order valence-electron chi connectivity index (χ4n) is 2.74. The summed E-state index contributed by atoms with van der Waals surface area (Å²) in [6.45, 7) is 3.40. The number of primary amides is 1. The fourth-order valence-corrected chi connectivity index (χ4v) is 2.74. The predicted octanol–water partition coefficient (Wildman–Crippen LogP) is -0.392. The fraction of sp³-hybridized carbons (Fsp3) is 0.438. The molecule has 2 amide bonds. The molecule has 22 heavy (non-hydrogen) atoms. The van der Waals surface area contributed by atoms with Gasteiger partial charge in [0.15, 0.2) is 12.3 Å². The van der Waals surface area contributed by atoms with E-state index in [1.54, 1.807) is 24.3 Å². The van der Waals surface area contributed by atoms with Crippen LogP contribution >= 0.6 is 0 Å². The van der Waals surface area contributed by atoms with E-state index in [9.17, 15) is 14.4 Å². The van der Waals surface area contributed by atoms with Crippen LogP contribution < -0.4 is 16.0 Å². The number of Topliss-reactive ketones (excluding diaryl/α,β-unsaturated/α-hetero) is 1. The lowest BCUT2D eigenvalue weighted by Crippen LogP contribution is -3.14. The van der Waals surface area contributed by atoms with E-state index >= 15 is 0 Å². The number of nitrogens with one attached hydrogen (secondary N) is 2. The number of carbonyl (C=O) groups is 3. The van der Waals surface area contributed by atoms with Gasteiger partial charge in [-0.05, 0) is 19.1 Å². The van der Waals surface area contributed by atoms with Gasteiger partial charge in [0.05, 0.1) is 13.1 Å². The van der Waals surface area contributed by atoms with Crippen LogP contribution in [-0.4, -0.2) is 37.2 Å². The third-order valence-corrected chi connectivity index (χ3v) is 4.06. The minimum absolute atomic E-state index is 0.0322. The number of carbonyl (C=O) groups excluding carboxylic acids is 3. The Bertz CT molecular complexity index is 578. The molecule has 0 atom stereocenters. The SMILES string of the molecule is CC(=O)c1cccc(NC(=O)C[NH+]2CCC(C(N)=O)CC2)c1. The van der Waals surface area contributed by atoms with Gasteiger partial charge in [0.2, 0.25) is 5.91 Å². The summed E-state index contributed by atoms with van der Waals surface area (Å²) in [5.41, 5.74) is 6.50. The number of quaternary nitrogens is 1. The zero-order valence-corrected chi connectivity index (χ0v) is 12.7. The molecule has 1 aromatic rings. The second kappa shape index (κ2) is 7.17. The van der Waals surface area contributed by atoms with Crippen molar-refractivity contribution < 1.29 is 19.3 Å². The van der Waals surface area contributed by atoms with Crippen LogP contribution in [0.1, 0.15) is 30.1 Å². The Kier molecular flexibility index (Phi) is 5.27. The largest absolute Gasteiger partial charge is 0.369 e. The molecule has 1 saturated heterocycles. The monoisotopic (exact) mass is 304 g/mol. The van der Waals surface area contributed by atoms with Crippen molar-refractivity contribution in [1.82, 2.24) is 0 Å². The number of rotatable bonds is 5. The maximum absolute atomic E-state index is 12.1. The minimum Gasteiger partial charge on any atom is -0.369 e. The molecule has 1 aliphatic rings. The zero-order valence-electron chi connectivity index (χ0n) is 12.7. The van der Waals surface area contributed by atoms with Gasteiger partial charge in [0, 0.05) is 30.0 Å². The number of piperidine rings is 1. The Balaban J connectivity index is 1.85. The minimum atomic E-state index is -0.246. The van der Waals surface area contributed by atoms with Gasteiger partial charge in [0.25, 0.3) is 5.91 Å². The number of ketones is 1. The number of hydrogen-bond acceptors (Lipinski definition) is 3. The first-order valence-electron chi connectivity index (χ1n) is 7.49. The van der Waals surface area contributed by atoms with E-state index in [0.29, 0.717) is 17.8 Å². The second-order valence-electron chi connectivity index (χ2n) is 5.79. The lowest BCUT2D eigenvalue weighted by atomic mass is 9.96. The summed E-state index contributed by atoms with van der Waals surface area (Å²) in [7, 11) is 0. The van der Waals surface area contributed by atoms with Gasteiger partial charge in [-0.1, -0.05) is 12.1 Å². The van der Waals surface area contributed by atoms with E-state index in [2.05, 4.69) is 5.32 Å². The van der Waals surface area contributed by atoms with Gasteiger partial charge < -0.3 is 16.0 Å². The van der Waals surface area contributed by atoms with Crippen LogP contribution in [-0.2, 0) is 9.59 Å². The van der Waals surface area contributed by atoms with Gasteiger partial charge in [-0.15, -0.1) is 0 Å². The van der Waals surface area contributed by atoms with Crippen molar-refractivity contribution in [3.05, 3.63) is 29.8 Å². The van der Waals surface area contributed by atoms with Crippen LogP contribution in [0.15, 0.2) is 24.3 Å². The molecule has 0 spiro atoms. The molecule has 0 bridgehead atoms. The average molecular weight is 304 g/mol. The van der Waals surface area contributed by atoms with Crippen LogP contribution in [0, 0.1) is 5.92 Å². The highest BCUT2D eigenvalue weighted by Gasteiger charge is 2.26. The maximum atomic E-state index is 12.1. The molecule has 1 fully saturated rings. The van der Waals surface area contributed by atoms with Crippen molar-refractivity contribution in [2.75, 3.05) is 25.0 Å². The number of amides is 2. The zero-order chi connectivity index (χ0) is 16.1. The number of nitrogens with two attached hydrogens (primary N) is 1. The van der Waals surface area contributed by atoms with E-state index in [1.165, 1.54) is 6.92 Å². The summed E-state index contributed by atoms with van der Waals surface area (Å²) in [5, 5.41) is 2.81. The average Bonchev–Trinajstić information content (AvgIpc) is 2.47. The third-order valence-electron chi connectivity index (χ3n) is 4.06. The highest BCUT2D eigenvalue weighted by molar-refractivity contribution is 5.97. The molecule has 0 unspecified atom stereocenters. The molecule has 0 aromatic heterocycles. The summed E-state index contributed by atoms with van der Waals surface area (Å²) < 4.78 is 0. The number of likely N-dealkylation sites (tertiary alicyclic amines) is 1. The summed E-state index contributed by atoms with van der Waals surface area (Å²) in [6.07, 6.45) is 1.47. The highest BCUT2D eigenvalue weighted by atomic mass is 16.2. The molecule has 1 aliphatic heterocycles. The molecule has 1 aromatic carbocycles. The highest BCUT2D eigenvalue weighted by Crippen LogP contribution is 2.11. The number of anilines is 1. The molecule has 6 nitrogen and oxygen atoms in total. The Morgan fingerprint density at radius 3 is 2.55 bits per heavy atom. The van der Waals surface area contributed by atoms with Crippen molar-refractivity contribution in [1.29, 1.82) is 0 Å². The van der Waals surface area contributed by atoms with Crippen LogP contribution in [0.25, 0.3) is 0 Å². The molecule has 0 radical (unpaired) electrons. The molecule has 1 heterocycles. The lowest BCUT2D eigenvalue weighted by Gasteiger charge is -2.27. The third kappa shape index (κ3) is 4.39. The molecular weight excluding hydrogens is 282 g/mol. The summed E-state index contributed by atoms with van der Waals surface area (Å²) in [6, 6.07) is 6.91. The van der Waals surface area contributed by atoms with Crippen molar-refractivity contribution in [2.45, 2.75) is 19.8 Å². The van der Waals surface area contributed by atoms with Crippen molar-refractivity contribution in [3.63, 3.8) is 0 Å². The first kappa shape index (κ1) is 16.2. The Morgan fingerprint density at radius 2 is 1.95 bits per heavy atom. The molecule has 2 rings (SSSR count). The van der Waals surface area contributed by atoms with E-state index in [-0.39, 0.29) is 23.5 Å². The van der Waals surface area contributed by atoms with Gasteiger partial charge in [0.1, 0.15) is 0 Å². The van der Waals surface area contributed by atoms with Crippen LogP contribution in [0.4, 0.5) is 5.69 Å². The van der Waals surface area contributed by atoms with Crippen molar-refractivity contribution in [2.24, 2.45) is 11.7 Å². The quantitative estimate of drug-likeness (QED) is 0.647. The Labute approximate surface area is 129 Å². The van der Waals surface area contributed by atoms with Gasteiger partial charge >= 0.3 is 0 Å². The van der Waals surface area contributed by atoms with E-state index in [0.717, 1.165) is 30.8 Å². The molecule has 6 heteroatoms. The Morgan fingerprint density at radius 1 is 1.27 bits per heavy atom. The van der Waals surface area contributed by atoms with Gasteiger partial charge in [-0.25, -0.2) is 0 Å². The molecule has 4 N–H and O–H groups in total. The summed E-state index contributed by atoms with van der Waals surface area (Å²) in [4.78, 5) is 35.7. The number of benzene rings is 1. The standard InChI is InChI=1S/C16H21N3O3/c1-11(20)13-3-2-4-14(9-13)18-15(21)10-19-7-5-12(6-8-19)16(17)22/h2-4,9,12H,5-8,10H2,1H3,(H2,17,22)(H,18,21)/p+1. The maximum Gasteiger partial charge on any atom is 0.279 e. The smallest absolute Gasteiger partial charge is 0.279 e. The second-order valence-corrected chi connectivity index (χ2v) is 5.79. The molecule has 118 valence electrons. The summed E-state index contributed by atoms with van der Waals surface area (Å²) in [5.74, 6) is -0.424. The topological polar surface area (TPSA) is 93.7 Å². The first-order chi connectivity index (χ1) is 10.5. The van der Waals surface area contributed by atoms with Crippen LogP contribution in [0.2, 0.25) is 0 Å². The van der Waals surface area contributed by atoms with Crippen molar-refractivity contribution >= 4 is 23.3 Å². The number of hydrogen-bond donors (Lipinski definition) is 3. The summed E-state index contributed by atoms with van der Waals surface area (Å²) >= 11 is 0. The van der Waals surface area contributed by atoms with Crippen LogP contribution in [0.5, 0.6) is 0 Å². The van der Waals surface area contributed by atoms with Gasteiger partial charge in [-0.3, -0.25) is 14.4 Å². The molecular formula is C16H22N3O3+. The van der Waals surface area contributed by atoms with Gasteiger partial charge in [-0.2, -0.15) is 0 Å². The first-order valence-corrected chi connectivity index (χ1v) is 7.49. The molecule has 0 aliphatic carbocycles. The predicted molar refractivity (Wildman–Crippen MR) is 82.6 cm³/mol. The lowest BCUT2D eigenvalue weighted by molar-refractivity contribution is -0.897.